The van der Waals surface area contributed by atoms with E-state index in [1.54, 1.807) is 12.1 Å². The van der Waals surface area contributed by atoms with Crippen LogP contribution in [0.2, 0.25) is 0 Å². The molecule has 0 heterocycles. The summed E-state index contributed by atoms with van der Waals surface area (Å²) in [4.78, 5) is 11.1. The van der Waals surface area contributed by atoms with Crippen LogP contribution in [-0.4, -0.2) is 35.3 Å². The number of aliphatic hydroxyl groups excluding tert-OH is 1. The zero-order chi connectivity index (χ0) is 12.7. The van der Waals surface area contributed by atoms with Gasteiger partial charge in [0, 0.05) is 0 Å². The Morgan fingerprint density at radius 1 is 1.35 bits per heavy atom. The Balaban J connectivity index is 2.24. The van der Waals surface area contributed by atoms with Crippen molar-refractivity contribution in [2.24, 2.45) is 0 Å². The summed E-state index contributed by atoms with van der Waals surface area (Å²) in [5, 5.41) is 9.50. The molecular weight excluding hydrogens is 240 g/mol. The lowest BCUT2D eigenvalue weighted by atomic mass is 10.3. The molecule has 0 aromatic heterocycles. The maximum absolute atomic E-state index is 11.0. The molecule has 1 atom stereocenters. The summed E-state index contributed by atoms with van der Waals surface area (Å²) in [6.07, 6.45) is -0.867. The van der Waals surface area contributed by atoms with E-state index in [4.69, 9.17) is 9.47 Å². The topological polar surface area (TPSA) is 55.8 Å². The molecule has 0 aliphatic rings. The second-order valence-corrected chi connectivity index (χ2v) is 4.04. The minimum atomic E-state index is -0.867. The van der Waals surface area contributed by atoms with Crippen molar-refractivity contribution in [3.63, 3.8) is 0 Å². The maximum Gasteiger partial charge on any atom is 0.344 e. The lowest BCUT2D eigenvalue weighted by molar-refractivity contribution is -0.138. The molecular formula is C12H14O4S. The molecule has 1 rings (SSSR count). The largest absolute Gasteiger partial charge is 0.491 e. The summed E-state index contributed by atoms with van der Waals surface area (Å²) >= 11 is 4.62. The number of carbonyl (C=O) groups is 1. The lowest BCUT2D eigenvalue weighted by Crippen LogP contribution is -2.26. The van der Waals surface area contributed by atoms with Gasteiger partial charge >= 0.3 is 5.97 Å². The van der Waals surface area contributed by atoms with Crippen LogP contribution >= 0.6 is 12.2 Å². The third kappa shape index (κ3) is 5.42. The molecule has 0 bridgehead atoms. The summed E-state index contributed by atoms with van der Waals surface area (Å²) < 4.78 is 10.0. The molecule has 92 valence electrons. The van der Waals surface area contributed by atoms with Gasteiger partial charge in [0.25, 0.3) is 0 Å². The first-order valence-corrected chi connectivity index (χ1v) is 5.54. The predicted molar refractivity (Wildman–Crippen MR) is 67.2 cm³/mol. The first-order chi connectivity index (χ1) is 8.09. The minimum Gasteiger partial charge on any atom is -0.491 e. The lowest BCUT2D eigenvalue weighted by Gasteiger charge is -2.12. The summed E-state index contributed by atoms with van der Waals surface area (Å²) in [7, 11) is 0. The molecule has 0 saturated carbocycles. The standard InChI is InChI=1S/C12H14O4S/c1-9(17)12(14)16-8-10(13)7-15-11-5-3-2-4-6-11/h2-6,10,13H,7-8H2,1H3. The molecule has 0 aliphatic heterocycles. The molecule has 5 heteroatoms. The van der Waals surface area contributed by atoms with Gasteiger partial charge in [0.1, 0.15) is 25.1 Å². The van der Waals surface area contributed by atoms with E-state index < -0.39 is 12.1 Å². The number of carbonyl (C=O) groups excluding carboxylic acids is 1. The average Bonchev–Trinajstić information content (AvgIpc) is 2.34. The van der Waals surface area contributed by atoms with E-state index in [9.17, 15) is 9.90 Å². The van der Waals surface area contributed by atoms with Gasteiger partial charge in [-0.05, 0) is 19.1 Å². The third-order valence-electron chi connectivity index (χ3n) is 1.88. The van der Waals surface area contributed by atoms with Gasteiger partial charge in [-0.25, -0.2) is 4.79 Å². The molecule has 1 aromatic rings. The van der Waals surface area contributed by atoms with Crippen molar-refractivity contribution < 1.29 is 19.4 Å². The number of para-hydroxylation sites is 1. The number of hydrogen-bond donors (Lipinski definition) is 1. The molecule has 0 aliphatic carbocycles. The zero-order valence-electron chi connectivity index (χ0n) is 9.46. The smallest absolute Gasteiger partial charge is 0.344 e. The van der Waals surface area contributed by atoms with Crippen molar-refractivity contribution in [3.05, 3.63) is 30.3 Å². The maximum atomic E-state index is 11.0. The van der Waals surface area contributed by atoms with E-state index in [1.807, 2.05) is 18.2 Å². The summed E-state index contributed by atoms with van der Waals surface area (Å²) in [6.45, 7) is 1.41. The van der Waals surface area contributed by atoms with Crippen LogP contribution in [0.5, 0.6) is 5.75 Å². The van der Waals surface area contributed by atoms with E-state index in [2.05, 4.69) is 12.2 Å². The fraction of sp³-hybridized carbons (Fsp3) is 0.333. The number of hydrogen-bond acceptors (Lipinski definition) is 5. The highest BCUT2D eigenvalue weighted by molar-refractivity contribution is 7.82. The second-order valence-electron chi connectivity index (χ2n) is 3.43. The SMILES string of the molecule is CC(=S)C(=O)OCC(O)COc1ccccc1. The van der Waals surface area contributed by atoms with E-state index >= 15 is 0 Å². The Morgan fingerprint density at radius 3 is 2.59 bits per heavy atom. The molecule has 1 N–H and O–H groups in total. The third-order valence-corrected chi connectivity index (χ3v) is 2.05. The molecule has 0 saturated heterocycles. The Morgan fingerprint density at radius 2 is 2.00 bits per heavy atom. The Hall–Kier alpha value is -1.46. The fourth-order valence-corrected chi connectivity index (χ4v) is 1.09. The van der Waals surface area contributed by atoms with Crippen molar-refractivity contribution in [2.75, 3.05) is 13.2 Å². The number of thiocarbonyl (C=S) groups is 1. The van der Waals surface area contributed by atoms with Crippen LogP contribution in [0.15, 0.2) is 30.3 Å². The van der Waals surface area contributed by atoms with Crippen LogP contribution in [0.4, 0.5) is 0 Å². The van der Waals surface area contributed by atoms with Gasteiger partial charge in [-0.1, -0.05) is 30.4 Å². The quantitative estimate of drug-likeness (QED) is 0.613. The number of ether oxygens (including phenoxy) is 2. The normalized spacial score (nSPS) is 11.6. The summed E-state index contributed by atoms with van der Waals surface area (Å²) in [6, 6.07) is 9.08. The van der Waals surface area contributed by atoms with Crippen LogP contribution < -0.4 is 4.74 Å². The predicted octanol–water partition coefficient (Wildman–Crippen LogP) is 1.36. The highest BCUT2D eigenvalue weighted by Gasteiger charge is 2.10. The first-order valence-electron chi connectivity index (χ1n) is 5.13. The van der Waals surface area contributed by atoms with Crippen molar-refractivity contribution in [1.82, 2.24) is 0 Å². The number of aliphatic hydroxyl groups is 1. The van der Waals surface area contributed by atoms with E-state index in [0.717, 1.165) is 0 Å². The molecule has 0 spiro atoms. The molecule has 0 radical (unpaired) electrons. The monoisotopic (exact) mass is 254 g/mol. The molecule has 0 fully saturated rings. The van der Waals surface area contributed by atoms with Crippen LogP contribution in [0.25, 0.3) is 0 Å². The van der Waals surface area contributed by atoms with Crippen molar-refractivity contribution in [1.29, 1.82) is 0 Å². The molecule has 4 nitrogen and oxygen atoms in total. The van der Waals surface area contributed by atoms with E-state index in [-0.39, 0.29) is 18.1 Å². The van der Waals surface area contributed by atoms with E-state index in [0.29, 0.717) is 5.75 Å². The zero-order valence-corrected chi connectivity index (χ0v) is 10.3. The van der Waals surface area contributed by atoms with E-state index in [1.165, 1.54) is 6.92 Å². The van der Waals surface area contributed by atoms with Crippen LogP contribution in [0, 0.1) is 0 Å². The Bertz CT molecular complexity index is 377. The molecule has 17 heavy (non-hydrogen) atoms. The summed E-state index contributed by atoms with van der Waals surface area (Å²) in [5.41, 5.74) is 0. The summed E-state index contributed by atoms with van der Waals surface area (Å²) in [5.74, 6) is 0.0719. The number of benzene rings is 1. The van der Waals surface area contributed by atoms with Gasteiger partial charge in [-0.2, -0.15) is 0 Å². The van der Waals surface area contributed by atoms with Gasteiger partial charge in [0.15, 0.2) is 0 Å². The van der Waals surface area contributed by atoms with Gasteiger partial charge in [-0.15, -0.1) is 0 Å². The number of rotatable bonds is 6. The van der Waals surface area contributed by atoms with Crippen molar-refractivity contribution >= 4 is 23.1 Å². The number of esters is 1. The van der Waals surface area contributed by atoms with Crippen molar-refractivity contribution in [3.8, 4) is 5.75 Å². The highest BCUT2D eigenvalue weighted by Crippen LogP contribution is 2.08. The second kappa shape index (κ2) is 6.98. The van der Waals surface area contributed by atoms with Gasteiger partial charge in [0.2, 0.25) is 0 Å². The highest BCUT2D eigenvalue weighted by atomic mass is 32.1. The van der Waals surface area contributed by atoms with Gasteiger partial charge < -0.3 is 14.6 Å². The van der Waals surface area contributed by atoms with Crippen molar-refractivity contribution in [2.45, 2.75) is 13.0 Å². The Kier molecular flexibility index (Phi) is 5.59. The Labute approximate surface area is 105 Å². The van der Waals surface area contributed by atoms with Gasteiger partial charge in [0.05, 0.1) is 4.86 Å². The van der Waals surface area contributed by atoms with Crippen LogP contribution in [-0.2, 0) is 9.53 Å². The average molecular weight is 254 g/mol. The first kappa shape index (κ1) is 13.6. The molecule has 1 unspecified atom stereocenters. The van der Waals surface area contributed by atoms with Crippen LogP contribution in [0.3, 0.4) is 0 Å². The molecule has 1 aromatic carbocycles. The van der Waals surface area contributed by atoms with Gasteiger partial charge in [-0.3, -0.25) is 0 Å². The van der Waals surface area contributed by atoms with Crippen LogP contribution in [0.1, 0.15) is 6.92 Å². The molecule has 0 amide bonds. The minimum absolute atomic E-state index is 0.0633. The fourth-order valence-electron chi connectivity index (χ4n) is 1.03.